The molecule has 0 saturated heterocycles. The molecule has 7 heteroatoms. The fraction of sp³-hybridized carbons (Fsp3) is 0.650. The Balaban J connectivity index is 1.47. The Morgan fingerprint density at radius 2 is 1.96 bits per heavy atom. The van der Waals surface area contributed by atoms with Gasteiger partial charge in [-0.3, -0.25) is 4.79 Å². The largest absolute Gasteiger partial charge is 0.376 e. The predicted molar refractivity (Wildman–Crippen MR) is 104 cm³/mol. The first-order chi connectivity index (χ1) is 13.0. The van der Waals surface area contributed by atoms with Crippen LogP contribution in [0.15, 0.2) is 29.2 Å². The van der Waals surface area contributed by atoms with E-state index in [2.05, 4.69) is 17.0 Å². The fourth-order valence-corrected chi connectivity index (χ4v) is 4.61. The molecule has 1 aromatic rings. The number of sulfonamides is 1. The molecule has 27 heavy (non-hydrogen) atoms. The van der Waals surface area contributed by atoms with Crippen molar-refractivity contribution >= 4 is 15.9 Å². The van der Waals surface area contributed by atoms with Gasteiger partial charge in [-0.05, 0) is 55.7 Å². The molecule has 0 spiro atoms. The topological polar surface area (TPSA) is 84.5 Å². The van der Waals surface area contributed by atoms with Crippen molar-refractivity contribution in [2.24, 2.45) is 11.8 Å². The van der Waals surface area contributed by atoms with Gasteiger partial charge in [0.15, 0.2) is 0 Å². The lowest BCUT2D eigenvalue weighted by atomic mass is 9.88. The minimum atomic E-state index is -3.57. The summed E-state index contributed by atoms with van der Waals surface area (Å²) in [6.45, 7) is 3.57. The van der Waals surface area contributed by atoms with Crippen LogP contribution in [0.3, 0.4) is 0 Å². The lowest BCUT2D eigenvalue weighted by Gasteiger charge is -2.28. The van der Waals surface area contributed by atoms with Crippen LogP contribution in [0, 0.1) is 11.8 Å². The van der Waals surface area contributed by atoms with Gasteiger partial charge in [0.1, 0.15) is 0 Å². The molecule has 6 nitrogen and oxygen atoms in total. The van der Waals surface area contributed by atoms with E-state index < -0.39 is 10.0 Å². The number of ether oxygens (including phenoxy) is 1. The van der Waals surface area contributed by atoms with Crippen molar-refractivity contribution in [2.75, 3.05) is 19.7 Å². The van der Waals surface area contributed by atoms with E-state index in [-0.39, 0.29) is 16.9 Å². The second-order valence-corrected chi connectivity index (χ2v) is 9.52. The van der Waals surface area contributed by atoms with Gasteiger partial charge in [-0.15, -0.1) is 0 Å². The van der Waals surface area contributed by atoms with Crippen molar-refractivity contribution in [3.05, 3.63) is 29.8 Å². The predicted octanol–water partition coefficient (Wildman–Crippen LogP) is 2.70. The maximum absolute atomic E-state index is 12.3. The first-order valence-corrected chi connectivity index (χ1v) is 11.4. The molecule has 2 saturated carbocycles. The molecule has 2 fully saturated rings. The standard InChI is InChI=1S/C20H30N2O4S/c1-15-5-2-3-8-19(15)26-12-11-21-20(23)17-6-4-7-18(13-17)27(24,25)22-14-16-9-10-16/h4,6-7,13,15-16,19,22H,2-3,5,8-12,14H2,1H3,(H,21,23)/t15-,19+/m0/s1. The average molecular weight is 395 g/mol. The summed E-state index contributed by atoms with van der Waals surface area (Å²) >= 11 is 0. The van der Waals surface area contributed by atoms with Crippen molar-refractivity contribution in [3.63, 3.8) is 0 Å². The summed E-state index contributed by atoms with van der Waals surface area (Å²) in [5.41, 5.74) is 0.343. The smallest absolute Gasteiger partial charge is 0.251 e. The van der Waals surface area contributed by atoms with E-state index in [0.717, 1.165) is 19.3 Å². The van der Waals surface area contributed by atoms with E-state index in [0.29, 0.717) is 37.1 Å². The van der Waals surface area contributed by atoms with Gasteiger partial charge in [-0.1, -0.05) is 25.8 Å². The third-order valence-corrected chi connectivity index (χ3v) is 6.84. The van der Waals surface area contributed by atoms with E-state index in [1.54, 1.807) is 12.1 Å². The molecular formula is C20H30N2O4S. The lowest BCUT2D eigenvalue weighted by Crippen LogP contribution is -2.32. The number of carbonyl (C=O) groups is 1. The van der Waals surface area contributed by atoms with Gasteiger partial charge >= 0.3 is 0 Å². The molecule has 1 amide bonds. The Hall–Kier alpha value is -1.44. The van der Waals surface area contributed by atoms with Crippen molar-refractivity contribution in [2.45, 2.75) is 56.4 Å². The van der Waals surface area contributed by atoms with Gasteiger partial charge in [0.2, 0.25) is 10.0 Å². The van der Waals surface area contributed by atoms with Crippen molar-refractivity contribution < 1.29 is 17.9 Å². The molecule has 2 aliphatic rings. The molecular weight excluding hydrogens is 364 g/mol. The number of hydrogen-bond acceptors (Lipinski definition) is 4. The maximum Gasteiger partial charge on any atom is 0.251 e. The third kappa shape index (κ3) is 6.02. The summed E-state index contributed by atoms with van der Waals surface area (Å²) in [5.74, 6) is 0.743. The first-order valence-electron chi connectivity index (χ1n) is 9.95. The van der Waals surface area contributed by atoms with E-state index in [1.807, 2.05) is 0 Å². The number of nitrogens with one attached hydrogen (secondary N) is 2. The quantitative estimate of drug-likeness (QED) is 0.631. The number of amides is 1. The van der Waals surface area contributed by atoms with Gasteiger partial charge in [-0.25, -0.2) is 13.1 Å². The Labute approximate surface area is 162 Å². The lowest BCUT2D eigenvalue weighted by molar-refractivity contribution is -0.00293. The van der Waals surface area contributed by atoms with Gasteiger partial charge in [0.05, 0.1) is 17.6 Å². The third-order valence-electron chi connectivity index (χ3n) is 5.42. The molecule has 2 aliphatic carbocycles. The summed E-state index contributed by atoms with van der Waals surface area (Å²) in [4.78, 5) is 12.5. The Kier molecular flexibility index (Phi) is 6.89. The molecule has 150 valence electrons. The van der Waals surface area contributed by atoms with Crippen LogP contribution in [-0.2, 0) is 14.8 Å². The molecule has 2 atom stereocenters. The minimum Gasteiger partial charge on any atom is -0.376 e. The van der Waals surface area contributed by atoms with Crippen LogP contribution < -0.4 is 10.0 Å². The van der Waals surface area contributed by atoms with Crippen LogP contribution in [0.5, 0.6) is 0 Å². The molecule has 3 rings (SSSR count). The number of carbonyl (C=O) groups excluding carboxylic acids is 1. The summed E-state index contributed by atoms with van der Waals surface area (Å²) in [6, 6.07) is 6.16. The first kappa shape index (κ1) is 20.3. The molecule has 0 radical (unpaired) electrons. The number of hydrogen-bond donors (Lipinski definition) is 2. The van der Waals surface area contributed by atoms with E-state index >= 15 is 0 Å². The molecule has 0 heterocycles. The number of benzene rings is 1. The van der Waals surface area contributed by atoms with E-state index in [9.17, 15) is 13.2 Å². The van der Waals surface area contributed by atoms with Gasteiger partial charge in [-0.2, -0.15) is 0 Å². The zero-order chi connectivity index (χ0) is 19.3. The molecule has 1 aromatic carbocycles. The highest BCUT2D eigenvalue weighted by atomic mass is 32.2. The average Bonchev–Trinajstić information content (AvgIpc) is 3.49. The fourth-order valence-electron chi connectivity index (χ4n) is 3.44. The number of rotatable bonds is 9. The monoisotopic (exact) mass is 394 g/mol. The van der Waals surface area contributed by atoms with Gasteiger partial charge < -0.3 is 10.1 Å². The zero-order valence-corrected chi connectivity index (χ0v) is 16.8. The molecule has 0 aromatic heterocycles. The summed E-state index contributed by atoms with van der Waals surface area (Å²) in [5, 5.41) is 2.81. The van der Waals surface area contributed by atoms with Crippen LogP contribution >= 0.6 is 0 Å². The molecule has 2 N–H and O–H groups in total. The normalized spacial score (nSPS) is 23.1. The minimum absolute atomic E-state index is 0.128. The summed E-state index contributed by atoms with van der Waals surface area (Å²) < 4.78 is 33.2. The van der Waals surface area contributed by atoms with Crippen LogP contribution in [-0.4, -0.2) is 40.1 Å². The summed E-state index contributed by atoms with van der Waals surface area (Å²) in [6.07, 6.45) is 7.20. The highest BCUT2D eigenvalue weighted by Crippen LogP contribution is 2.28. The Bertz CT molecular complexity index is 746. The molecule has 0 unspecified atom stereocenters. The van der Waals surface area contributed by atoms with Gasteiger partial charge in [0, 0.05) is 18.7 Å². The van der Waals surface area contributed by atoms with E-state index in [1.165, 1.54) is 31.4 Å². The Morgan fingerprint density at radius 3 is 2.70 bits per heavy atom. The van der Waals surface area contributed by atoms with Crippen molar-refractivity contribution in [1.29, 1.82) is 0 Å². The SMILES string of the molecule is C[C@H]1CCCC[C@H]1OCCNC(=O)c1cccc(S(=O)(=O)NCC2CC2)c1. The van der Waals surface area contributed by atoms with Crippen molar-refractivity contribution in [1.82, 2.24) is 10.0 Å². The highest BCUT2D eigenvalue weighted by Gasteiger charge is 2.25. The van der Waals surface area contributed by atoms with E-state index in [4.69, 9.17) is 4.74 Å². The van der Waals surface area contributed by atoms with Crippen LogP contribution in [0.4, 0.5) is 0 Å². The van der Waals surface area contributed by atoms with Crippen LogP contribution in [0.1, 0.15) is 55.8 Å². The Morgan fingerprint density at radius 1 is 1.19 bits per heavy atom. The summed E-state index contributed by atoms with van der Waals surface area (Å²) in [7, 11) is -3.57. The highest BCUT2D eigenvalue weighted by molar-refractivity contribution is 7.89. The maximum atomic E-state index is 12.3. The molecule has 0 bridgehead atoms. The van der Waals surface area contributed by atoms with Crippen molar-refractivity contribution in [3.8, 4) is 0 Å². The molecule has 0 aliphatic heterocycles. The van der Waals surface area contributed by atoms with Crippen LogP contribution in [0.2, 0.25) is 0 Å². The van der Waals surface area contributed by atoms with Gasteiger partial charge in [0.25, 0.3) is 5.91 Å². The second kappa shape index (κ2) is 9.17. The second-order valence-electron chi connectivity index (χ2n) is 7.75. The zero-order valence-electron chi connectivity index (χ0n) is 15.9. The van der Waals surface area contributed by atoms with Crippen LogP contribution in [0.25, 0.3) is 0 Å².